The van der Waals surface area contributed by atoms with Crippen LogP contribution in [0.25, 0.3) is 0 Å². The van der Waals surface area contributed by atoms with Crippen LogP contribution in [0.15, 0.2) is 77.9 Å². The molecule has 0 saturated heterocycles. The first-order valence-corrected chi connectivity index (χ1v) is 12.3. The summed E-state index contributed by atoms with van der Waals surface area (Å²) in [5.74, 6) is 0.570. The fourth-order valence-corrected chi connectivity index (χ4v) is 3.55. The molecule has 0 aliphatic heterocycles. The van der Waals surface area contributed by atoms with Crippen LogP contribution in [0.5, 0.6) is 5.75 Å². The number of benzene rings is 3. The van der Waals surface area contributed by atoms with Crippen molar-refractivity contribution in [3.05, 3.63) is 94.5 Å². The van der Waals surface area contributed by atoms with Gasteiger partial charge in [-0.15, -0.1) is 0 Å². The summed E-state index contributed by atoms with van der Waals surface area (Å²) in [5.41, 5.74) is 6.13. The van der Waals surface area contributed by atoms with Crippen molar-refractivity contribution in [1.29, 1.82) is 0 Å². The largest absolute Gasteiger partial charge is 0.383 e. The molecular formula is C24H24ClN3O4S. The lowest BCUT2D eigenvalue weighted by atomic mass is 10.0. The lowest BCUT2D eigenvalue weighted by Crippen LogP contribution is -2.26. The minimum absolute atomic E-state index is 0.173. The minimum atomic E-state index is -3.64. The van der Waals surface area contributed by atoms with Crippen LogP contribution in [0.2, 0.25) is 5.02 Å². The zero-order chi connectivity index (χ0) is 24.0. The second-order valence-corrected chi connectivity index (χ2v) is 9.63. The second-order valence-electron chi connectivity index (χ2n) is 7.62. The number of hydrogen-bond donors (Lipinski definition) is 2. The van der Waals surface area contributed by atoms with Gasteiger partial charge in [-0.1, -0.05) is 49.7 Å². The van der Waals surface area contributed by atoms with Gasteiger partial charge in [-0.25, -0.2) is 10.2 Å². The van der Waals surface area contributed by atoms with Crippen LogP contribution in [0.3, 0.4) is 0 Å². The number of anilines is 1. The van der Waals surface area contributed by atoms with Gasteiger partial charge < -0.3 is 9.50 Å². The van der Waals surface area contributed by atoms with E-state index >= 15 is 0 Å². The average Bonchev–Trinajstić information content (AvgIpc) is 2.75. The van der Waals surface area contributed by atoms with Crippen molar-refractivity contribution in [2.24, 2.45) is 5.10 Å². The molecule has 0 spiro atoms. The first-order valence-electron chi connectivity index (χ1n) is 10.1. The normalized spacial score (nSPS) is 11.8. The predicted molar refractivity (Wildman–Crippen MR) is 132 cm³/mol. The van der Waals surface area contributed by atoms with E-state index in [0.29, 0.717) is 33.5 Å². The van der Waals surface area contributed by atoms with Crippen LogP contribution in [0.1, 0.15) is 36.5 Å². The number of carbonyl (C=O) groups excluding carboxylic acids is 1. The Bertz CT molecular complexity index is 1240. The van der Waals surface area contributed by atoms with E-state index in [2.05, 4.69) is 29.7 Å². The fourth-order valence-electron chi connectivity index (χ4n) is 2.96. The van der Waals surface area contributed by atoms with Gasteiger partial charge in [-0.3, -0.25) is 0 Å². The molecule has 0 bridgehead atoms. The third-order valence-corrected chi connectivity index (χ3v) is 5.34. The maximum Gasteiger partial charge on any atom is 0.339 e. The van der Waals surface area contributed by atoms with E-state index in [-0.39, 0.29) is 5.75 Å². The van der Waals surface area contributed by atoms with Gasteiger partial charge in [0.05, 0.1) is 12.0 Å². The lowest BCUT2D eigenvalue weighted by Gasteiger charge is -2.11. The number of carbonyl (C=O) groups is 1. The van der Waals surface area contributed by atoms with Crippen LogP contribution < -0.4 is 14.9 Å². The minimum Gasteiger partial charge on any atom is -0.383 e. The van der Waals surface area contributed by atoms with Gasteiger partial charge in [0.2, 0.25) is 0 Å². The highest BCUT2D eigenvalue weighted by Gasteiger charge is 2.11. The molecule has 0 atom stereocenters. The molecule has 3 rings (SSSR count). The van der Waals surface area contributed by atoms with Crippen LogP contribution in [0, 0.1) is 0 Å². The summed E-state index contributed by atoms with van der Waals surface area (Å²) in [6, 6.07) is 20.4. The Morgan fingerprint density at radius 2 is 1.45 bits per heavy atom. The van der Waals surface area contributed by atoms with E-state index in [1.54, 1.807) is 36.4 Å². The van der Waals surface area contributed by atoms with Crippen molar-refractivity contribution in [3.8, 4) is 5.75 Å². The van der Waals surface area contributed by atoms with Gasteiger partial charge in [0.25, 0.3) is 0 Å². The molecule has 33 heavy (non-hydrogen) atoms. The maximum atomic E-state index is 12.4. The predicted octanol–water partition coefficient (Wildman–Crippen LogP) is 5.38. The summed E-state index contributed by atoms with van der Waals surface area (Å²) in [6.45, 7) is 4.20. The highest BCUT2D eigenvalue weighted by molar-refractivity contribution is 7.86. The first kappa shape index (κ1) is 24.3. The van der Waals surface area contributed by atoms with Gasteiger partial charge in [0, 0.05) is 21.8 Å². The molecule has 0 aliphatic rings. The van der Waals surface area contributed by atoms with E-state index in [0.717, 1.165) is 6.26 Å². The summed E-state index contributed by atoms with van der Waals surface area (Å²) in [6.07, 6.45) is 0.973. The monoisotopic (exact) mass is 485 g/mol. The van der Waals surface area contributed by atoms with Crippen molar-refractivity contribution < 1.29 is 17.4 Å². The average molecular weight is 486 g/mol. The van der Waals surface area contributed by atoms with Gasteiger partial charge in [0.15, 0.2) is 0 Å². The molecule has 0 saturated carbocycles. The third kappa shape index (κ3) is 7.34. The Morgan fingerprint density at radius 1 is 0.909 bits per heavy atom. The summed E-state index contributed by atoms with van der Waals surface area (Å²) < 4.78 is 27.6. The zero-order valence-electron chi connectivity index (χ0n) is 18.4. The molecule has 2 amide bonds. The summed E-state index contributed by atoms with van der Waals surface area (Å²) in [5, 5.41) is 7.60. The second kappa shape index (κ2) is 10.5. The fraction of sp³-hybridized carbons (Fsp3) is 0.167. The number of urea groups is 1. The summed E-state index contributed by atoms with van der Waals surface area (Å²) in [4.78, 5) is 12.4. The van der Waals surface area contributed by atoms with Crippen LogP contribution in [0.4, 0.5) is 10.5 Å². The number of rotatable bonds is 7. The van der Waals surface area contributed by atoms with Gasteiger partial charge in [-0.05, 0) is 60.0 Å². The molecule has 0 fully saturated rings. The number of nitrogens with zero attached hydrogens (tertiary/aromatic N) is 1. The number of hydrazone groups is 1. The van der Waals surface area contributed by atoms with Crippen LogP contribution in [-0.4, -0.2) is 26.4 Å². The molecule has 3 aromatic carbocycles. The van der Waals surface area contributed by atoms with E-state index in [9.17, 15) is 13.2 Å². The summed E-state index contributed by atoms with van der Waals surface area (Å²) in [7, 11) is -3.64. The highest BCUT2D eigenvalue weighted by Crippen LogP contribution is 2.19. The van der Waals surface area contributed by atoms with E-state index in [1.807, 2.05) is 24.3 Å². The van der Waals surface area contributed by atoms with E-state index in [1.165, 1.54) is 17.7 Å². The molecule has 9 heteroatoms. The van der Waals surface area contributed by atoms with E-state index < -0.39 is 16.1 Å². The number of hydrogen-bond acceptors (Lipinski definition) is 5. The van der Waals surface area contributed by atoms with Crippen molar-refractivity contribution >= 4 is 39.1 Å². The van der Waals surface area contributed by atoms with Crippen molar-refractivity contribution in [3.63, 3.8) is 0 Å². The Labute approximate surface area is 198 Å². The summed E-state index contributed by atoms with van der Waals surface area (Å²) >= 11 is 6.00. The Kier molecular flexibility index (Phi) is 7.73. The number of amides is 2. The zero-order valence-corrected chi connectivity index (χ0v) is 19.9. The molecule has 3 aromatic rings. The Morgan fingerprint density at radius 3 is 1.97 bits per heavy atom. The molecule has 0 aliphatic carbocycles. The molecule has 0 aromatic heterocycles. The van der Waals surface area contributed by atoms with Crippen molar-refractivity contribution in [2.75, 3.05) is 11.6 Å². The molecule has 7 nitrogen and oxygen atoms in total. The van der Waals surface area contributed by atoms with Gasteiger partial charge >= 0.3 is 16.1 Å². The van der Waals surface area contributed by atoms with Gasteiger partial charge in [-0.2, -0.15) is 13.5 Å². The molecular weight excluding hydrogens is 462 g/mol. The molecule has 172 valence electrons. The van der Waals surface area contributed by atoms with Crippen molar-refractivity contribution in [1.82, 2.24) is 5.43 Å². The molecule has 0 unspecified atom stereocenters. The Balaban J connectivity index is 1.82. The molecule has 0 heterocycles. The molecule has 2 N–H and O–H groups in total. The molecule has 0 radical (unpaired) electrons. The third-order valence-electron chi connectivity index (χ3n) is 4.60. The number of halogens is 1. The van der Waals surface area contributed by atoms with Crippen LogP contribution >= 0.6 is 11.6 Å². The smallest absolute Gasteiger partial charge is 0.339 e. The van der Waals surface area contributed by atoms with Crippen molar-refractivity contribution in [2.45, 2.75) is 19.8 Å². The quantitative estimate of drug-likeness (QED) is 0.267. The first-order chi connectivity index (χ1) is 15.6. The topological polar surface area (TPSA) is 96.9 Å². The SMILES string of the molecule is CC(C)c1ccc(NC(=O)N/N=C(\c2ccc(Cl)cc2)c2ccc(OS(C)(=O)=O)cc2)cc1. The lowest BCUT2D eigenvalue weighted by molar-refractivity contribution is 0.252. The number of nitrogens with one attached hydrogen (secondary N) is 2. The van der Waals surface area contributed by atoms with E-state index in [4.69, 9.17) is 15.8 Å². The Hall–Kier alpha value is -3.36. The van der Waals surface area contributed by atoms with Gasteiger partial charge in [0.1, 0.15) is 5.75 Å². The maximum absolute atomic E-state index is 12.4. The van der Waals surface area contributed by atoms with Crippen LogP contribution in [-0.2, 0) is 10.1 Å². The highest BCUT2D eigenvalue weighted by atomic mass is 35.5. The standard InChI is InChI=1S/C24H24ClN3O4S/c1-16(2)17-6-12-21(13-7-17)26-24(29)28-27-23(18-4-10-20(25)11-5-18)19-8-14-22(15-9-19)32-33(3,30)31/h4-16H,1-3H3,(H2,26,28,29)/b27-23+.